The van der Waals surface area contributed by atoms with E-state index in [-0.39, 0.29) is 0 Å². The molecule has 1 aromatic carbocycles. The van der Waals surface area contributed by atoms with Gasteiger partial charge in [0.1, 0.15) is 0 Å². The topological polar surface area (TPSA) is 3.24 Å². The Morgan fingerprint density at radius 2 is 1.56 bits per heavy atom. The first-order valence-corrected chi connectivity index (χ1v) is 6.46. The minimum atomic E-state index is 0.721. The van der Waals surface area contributed by atoms with Crippen molar-refractivity contribution in [2.75, 3.05) is 0 Å². The second-order valence-corrected chi connectivity index (χ2v) is 5.43. The third-order valence-corrected chi connectivity index (χ3v) is 3.83. The molecule has 2 unspecified atom stereocenters. The van der Waals surface area contributed by atoms with E-state index in [1.807, 2.05) is 0 Å². The van der Waals surface area contributed by atoms with Gasteiger partial charge in [0, 0.05) is 18.6 Å². The Labute approximate surface area is 99.5 Å². The summed E-state index contributed by atoms with van der Waals surface area (Å²) in [4.78, 5) is 2.65. The van der Waals surface area contributed by atoms with Crippen LogP contribution in [-0.2, 0) is 6.54 Å². The molecular formula is C15H23N. The summed E-state index contributed by atoms with van der Waals surface area (Å²) in [5.41, 5.74) is 1.44. The summed E-state index contributed by atoms with van der Waals surface area (Å²) in [6.45, 7) is 8.23. The number of nitrogens with zero attached hydrogens (tertiary/aromatic N) is 1. The van der Waals surface area contributed by atoms with Gasteiger partial charge in [0.25, 0.3) is 0 Å². The van der Waals surface area contributed by atoms with Crippen molar-refractivity contribution < 1.29 is 0 Å². The lowest BCUT2D eigenvalue weighted by Crippen LogP contribution is -2.45. The van der Waals surface area contributed by atoms with Crippen molar-refractivity contribution >= 4 is 0 Å². The van der Waals surface area contributed by atoms with Crippen LogP contribution in [-0.4, -0.2) is 17.0 Å². The van der Waals surface area contributed by atoms with Gasteiger partial charge in [0.15, 0.2) is 0 Å². The molecule has 1 heteroatoms. The van der Waals surface area contributed by atoms with Gasteiger partial charge in [0.05, 0.1) is 0 Å². The monoisotopic (exact) mass is 217 g/mol. The summed E-state index contributed by atoms with van der Waals surface area (Å²) in [5.74, 6) is 0.886. The average molecular weight is 217 g/mol. The lowest BCUT2D eigenvalue weighted by Gasteiger charge is -2.41. The lowest BCUT2D eigenvalue weighted by molar-refractivity contribution is 0.0681. The van der Waals surface area contributed by atoms with Gasteiger partial charge >= 0.3 is 0 Å². The van der Waals surface area contributed by atoms with E-state index in [2.05, 4.69) is 56.0 Å². The van der Waals surface area contributed by atoms with Gasteiger partial charge in [-0.2, -0.15) is 0 Å². The highest BCUT2D eigenvalue weighted by Crippen LogP contribution is 2.28. The Bertz CT molecular complexity index is 307. The summed E-state index contributed by atoms with van der Waals surface area (Å²) in [6, 6.07) is 12.3. The second-order valence-electron chi connectivity index (χ2n) is 5.43. The maximum absolute atomic E-state index is 2.65. The molecule has 1 heterocycles. The van der Waals surface area contributed by atoms with E-state index >= 15 is 0 Å². The molecule has 0 spiro atoms. The van der Waals surface area contributed by atoms with Gasteiger partial charge in [-0.05, 0) is 38.2 Å². The van der Waals surface area contributed by atoms with E-state index in [4.69, 9.17) is 0 Å². The Morgan fingerprint density at radius 3 is 2.12 bits per heavy atom. The molecule has 2 atom stereocenters. The smallest absolute Gasteiger partial charge is 0.0239 e. The molecule has 1 fully saturated rings. The molecule has 88 valence electrons. The lowest BCUT2D eigenvalue weighted by atomic mass is 9.88. The summed E-state index contributed by atoms with van der Waals surface area (Å²) in [6.07, 6.45) is 2.69. The van der Waals surface area contributed by atoms with Crippen LogP contribution >= 0.6 is 0 Å². The Morgan fingerprint density at radius 1 is 1.00 bits per heavy atom. The fourth-order valence-corrected chi connectivity index (χ4v) is 3.07. The van der Waals surface area contributed by atoms with Crippen molar-refractivity contribution in [3.63, 3.8) is 0 Å². The van der Waals surface area contributed by atoms with Crippen LogP contribution in [0.5, 0.6) is 0 Å². The van der Waals surface area contributed by atoms with E-state index in [0.717, 1.165) is 24.5 Å². The van der Waals surface area contributed by atoms with Gasteiger partial charge < -0.3 is 0 Å². The Hall–Kier alpha value is -0.820. The highest BCUT2D eigenvalue weighted by Gasteiger charge is 2.28. The minimum absolute atomic E-state index is 0.721. The molecule has 1 aliphatic rings. The first-order chi connectivity index (χ1) is 7.66. The predicted molar refractivity (Wildman–Crippen MR) is 69.3 cm³/mol. The number of rotatable bonds is 2. The molecule has 0 amide bonds. The zero-order valence-electron chi connectivity index (χ0n) is 10.7. The maximum atomic E-state index is 2.65. The second kappa shape index (κ2) is 5.01. The predicted octanol–water partition coefficient (Wildman–Crippen LogP) is 3.70. The number of benzene rings is 1. The standard InChI is InChI=1S/C15H23N/c1-12-9-13(2)16(14(3)10-12)11-15-7-5-4-6-8-15/h4-8,12-14H,9-11H2,1-3H3. The van der Waals surface area contributed by atoms with Gasteiger partial charge in [-0.1, -0.05) is 37.3 Å². The third kappa shape index (κ3) is 2.65. The van der Waals surface area contributed by atoms with Crippen LogP contribution in [0.4, 0.5) is 0 Å². The van der Waals surface area contributed by atoms with Crippen molar-refractivity contribution in [2.45, 2.75) is 52.2 Å². The molecule has 1 saturated heterocycles. The Kier molecular flexibility index (Phi) is 3.65. The van der Waals surface area contributed by atoms with Crippen molar-refractivity contribution in [1.82, 2.24) is 4.90 Å². The van der Waals surface area contributed by atoms with Crippen molar-refractivity contribution in [3.05, 3.63) is 35.9 Å². The quantitative estimate of drug-likeness (QED) is 0.730. The number of likely N-dealkylation sites (tertiary alicyclic amines) is 1. The fraction of sp³-hybridized carbons (Fsp3) is 0.600. The Balaban J connectivity index is 2.03. The summed E-state index contributed by atoms with van der Waals surface area (Å²) >= 11 is 0. The maximum Gasteiger partial charge on any atom is 0.0239 e. The first kappa shape index (κ1) is 11.7. The first-order valence-electron chi connectivity index (χ1n) is 6.46. The van der Waals surface area contributed by atoms with Crippen LogP contribution in [0.3, 0.4) is 0 Å². The molecule has 0 bridgehead atoms. The fourth-order valence-electron chi connectivity index (χ4n) is 3.07. The van der Waals surface area contributed by atoms with Gasteiger partial charge in [0.2, 0.25) is 0 Å². The highest BCUT2D eigenvalue weighted by atomic mass is 15.2. The van der Waals surface area contributed by atoms with Crippen molar-refractivity contribution in [1.29, 1.82) is 0 Å². The molecule has 0 aromatic heterocycles. The van der Waals surface area contributed by atoms with E-state index in [9.17, 15) is 0 Å². The van der Waals surface area contributed by atoms with E-state index < -0.39 is 0 Å². The number of hydrogen-bond acceptors (Lipinski definition) is 1. The van der Waals surface area contributed by atoms with Crippen LogP contribution in [0.1, 0.15) is 39.2 Å². The van der Waals surface area contributed by atoms with Crippen molar-refractivity contribution in [3.8, 4) is 0 Å². The summed E-state index contributed by atoms with van der Waals surface area (Å²) in [5, 5.41) is 0. The molecule has 0 aliphatic carbocycles. The van der Waals surface area contributed by atoms with Crippen molar-refractivity contribution in [2.24, 2.45) is 5.92 Å². The van der Waals surface area contributed by atoms with Crippen LogP contribution in [0.2, 0.25) is 0 Å². The molecule has 2 rings (SSSR count). The normalized spacial score (nSPS) is 31.6. The molecule has 1 aromatic rings. The minimum Gasteiger partial charge on any atom is -0.294 e. The summed E-state index contributed by atoms with van der Waals surface area (Å²) < 4.78 is 0. The zero-order chi connectivity index (χ0) is 11.5. The highest BCUT2D eigenvalue weighted by molar-refractivity contribution is 5.14. The molecule has 1 nitrogen and oxygen atoms in total. The SMILES string of the molecule is CC1CC(C)N(Cc2ccccc2)C(C)C1. The van der Waals surface area contributed by atoms with Crippen LogP contribution in [0.25, 0.3) is 0 Å². The molecule has 0 radical (unpaired) electrons. The van der Waals surface area contributed by atoms with E-state index in [0.29, 0.717) is 0 Å². The molecule has 0 saturated carbocycles. The molecule has 16 heavy (non-hydrogen) atoms. The third-order valence-electron chi connectivity index (χ3n) is 3.83. The van der Waals surface area contributed by atoms with Crippen LogP contribution in [0.15, 0.2) is 30.3 Å². The van der Waals surface area contributed by atoms with Crippen LogP contribution < -0.4 is 0 Å². The molecule has 1 aliphatic heterocycles. The van der Waals surface area contributed by atoms with Gasteiger partial charge in [-0.3, -0.25) is 4.90 Å². The van der Waals surface area contributed by atoms with Crippen LogP contribution in [0, 0.1) is 5.92 Å². The number of piperidine rings is 1. The average Bonchev–Trinajstić information content (AvgIpc) is 2.25. The largest absolute Gasteiger partial charge is 0.294 e. The van der Waals surface area contributed by atoms with E-state index in [1.165, 1.54) is 18.4 Å². The summed E-state index contributed by atoms with van der Waals surface area (Å²) in [7, 11) is 0. The number of hydrogen-bond donors (Lipinski definition) is 0. The van der Waals surface area contributed by atoms with Gasteiger partial charge in [-0.15, -0.1) is 0 Å². The zero-order valence-corrected chi connectivity index (χ0v) is 10.7. The van der Waals surface area contributed by atoms with Gasteiger partial charge in [-0.25, -0.2) is 0 Å². The molecule has 0 N–H and O–H groups in total. The molecular weight excluding hydrogens is 194 g/mol. The van der Waals surface area contributed by atoms with E-state index in [1.54, 1.807) is 0 Å².